The van der Waals surface area contributed by atoms with Gasteiger partial charge in [0.25, 0.3) is 0 Å². The largest absolute Gasteiger partial charge is 0.309 e. The number of hydrogen-bond acceptors (Lipinski definition) is 1. The lowest BCUT2D eigenvalue weighted by Crippen LogP contribution is -2.32. The summed E-state index contributed by atoms with van der Waals surface area (Å²) in [5.41, 5.74) is 3.03. The van der Waals surface area contributed by atoms with Gasteiger partial charge in [-0.15, -0.1) is 0 Å². The Hall–Kier alpha value is -0.820. The van der Waals surface area contributed by atoms with E-state index in [4.69, 9.17) is 0 Å². The maximum absolute atomic E-state index is 3.57. The Balaban J connectivity index is 2.37. The summed E-state index contributed by atoms with van der Waals surface area (Å²) in [5.74, 6) is 0.682. The van der Waals surface area contributed by atoms with E-state index in [2.05, 4.69) is 43.4 Å². The summed E-state index contributed by atoms with van der Waals surface area (Å²) in [5, 5.41) is 3.57. The highest BCUT2D eigenvalue weighted by atomic mass is 14.9. The maximum Gasteiger partial charge on any atom is 0.0346 e. The molecule has 1 aromatic carbocycles. The molecule has 1 heterocycles. The first kappa shape index (κ1) is 8.76. The molecule has 0 aromatic heterocycles. The van der Waals surface area contributed by atoms with Crippen molar-refractivity contribution in [1.29, 1.82) is 0 Å². The number of rotatable bonds is 1. The molecular formula is C12H17N. The monoisotopic (exact) mass is 175 g/mol. The van der Waals surface area contributed by atoms with E-state index in [9.17, 15) is 0 Å². The van der Waals surface area contributed by atoms with Crippen LogP contribution in [0.4, 0.5) is 0 Å². The average Bonchev–Trinajstić information content (AvgIpc) is 2.17. The van der Waals surface area contributed by atoms with Gasteiger partial charge in [-0.05, 0) is 30.0 Å². The molecule has 1 aliphatic rings. The number of fused-ring (bicyclic) bond motifs is 1. The molecule has 0 aliphatic carbocycles. The van der Waals surface area contributed by atoms with Crippen LogP contribution in [0.15, 0.2) is 24.3 Å². The Morgan fingerprint density at radius 3 is 2.85 bits per heavy atom. The number of hydrogen-bond donors (Lipinski definition) is 1. The van der Waals surface area contributed by atoms with Crippen LogP contribution < -0.4 is 5.32 Å². The van der Waals surface area contributed by atoms with Gasteiger partial charge in [-0.3, -0.25) is 0 Å². The average molecular weight is 175 g/mol. The Bertz CT molecular complexity index is 291. The molecule has 1 nitrogen and oxygen atoms in total. The van der Waals surface area contributed by atoms with E-state index in [0.29, 0.717) is 12.0 Å². The molecule has 1 N–H and O–H groups in total. The molecule has 0 amide bonds. The molecule has 1 aromatic rings. The summed E-state index contributed by atoms with van der Waals surface area (Å²) in [6, 6.07) is 9.35. The smallest absolute Gasteiger partial charge is 0.0346 e. The third-order valence-electron chi connectivity index (χ3n) is 2.82. The molecule has 0 bridgehead atoms. The first-order valence-corrected chi connectivity index (χ1v) is 5.10. The Morgan fingerprint density at radius 1 is 1.31 bits per heavy atom. The maximum atomic E-state index is 3.57. The highest BCUT2D eigenvalue weighted by Crippen LogP contribution is 2.27. The fourth-order valence-corrected chi connectivity index (χ4v) is 2.13. The molecule has 1 heteroatoms. The van der Waals surface area contributed by atoms with E-state index in [0.717, 1.165) is 6.54 Å². The standard InChI is InChI=1S/C12H17N/c1-9(2)12-11-6-4-3-5-10(11)7-8-13-12/h3-6,9,12-13H,7-8H2,1-2H3/t12-/m0/s1. The summed E-state index contributed by atoms with van der Waals surface area (Å²) in [4.78, 5) is 0. The van der Waals surface area contributed by atoms with Gasteiger partial charge in [-0.2, -0.15) is 0 Å². The minimum absolute atomic E-state index is 0.560. The van der Waals surface area contributed by atoms with Crippen molar-refractivity contribution in [1.82, 2.24) is 5.32 Å². The van der Waals surface area contributed by atoms with Crippen LogP contribution in [0, 0.1) is 5.92 Å². The molecule has 0 spiro atoms. The highest BCUT2D eigenvalue weighted by Gasteiger charge is 2.21. The van der Waals surface area contributed by atoms with Crippen molar-refractivity contribution >= 4 is 0 Å². The van der Waals surface area contributed by atoms with Crippen LogP contribution in [0.1, 0.15) is 31.0 Å². The summed E-state index contributed by atoms with van der Waals surface area (Å²) in [6.07, 6.45) is 1.18. The summed E-state index contributed by atoms with van der Waals surface area (Å²) < 4.78 is 0. The summed E-state index contributed by atoms with van der Waals surface area (Å²) >= 11 is 0. The van der Waals surface area contributed by atoms with Crippen LogP contribution in [0.25, 0.3) is 0 Å². The van der Waals surface area contributed by atoms with Gasteiger partial charge in [0.1, 0.15) is 0 Å². The minimum atomic E-state index is 0.560. The molecular weight excluding hydrogens is 158 g/mol. The minimum Gasteiger partial charge on any atom is -0.309 e. The Labute approximate surface area is 80.2 Å². The third-order valence-corrected chi connectivity index (χ3v) is 2.82. The van der Waals surface area contributed by atoms with Crippen molar-refractivity contribution in [3.8, 4) is 0 Å². The van der Waals surface area contributed by atoms with E-state index in [1.54, 1.807) is 0 Å². The van der Waals surface area contributed by atoms with E-state index in [1.807, 2.05) is 0 Å². The van der Waals surface area contributed by atoms with Gasteiger partial charge in [0, 0.05) is 6.04 Å². The van der Waals surface area contributed by atoms with E-state index < -0.39 is 0 Å². The fourth-order valence-electron chi connectivity index (χ4n) is 2.13. The second kappa shape index (κ2) is 3.51. The van der Waals surface area contributed by atoms with Gasteiger partial charge in [0.2, 0.25) is 0 Å². The second-order valence-corrected chi connectivity index (χ2v) is 4.12. The van der Waals surface area contributed by atoms with Gasteiger partial charge in [-0.25, -0.2) is 0 Å². The SMILES string of the molecule is CC(C)[C@@H]1NCCc2ccccc21. The zero-order valence-corrected chi connectivity index (χ0v) is 8.38. The van der Waals surface area contributed by atoms with Crippen LogP contribution in [0.5, 0.6) is 0 Å². The van der Waals surface area contributed by atoms with Crippen molar-refractivity contribution in [2.24, 2.45) is 5.92 Å². The molecule has 2 rings (SSSR count). The van der Waals surface area contributed by atoms with Crippen LogP contribution in [0.3, 0.4) is 0 Å². The highest BCUT2D eigenvalue weighted by molar-refractivity contribution is 5.32. The van der Waals surface area contributed by atoms with Crippen LogP contribution in [-0.2, 0) is 6.42 Å². The second-order valence-electron chi connectivity index (χ2n) is 4.12. The molecule has 0 fully saturated rings. The van der Waals surface area contributed by atoms with Crippen molar-refractivity contribution in [2.45, 2.75) is 26.3 Å². The zero-order chi connectivity index (χ0) is 9.26. The quantitative estimate of drug-likeness (QED) is 0.691. The van der Waals surface area contributed by atoms with Crippen molar-refractivity contribution in [3.63, 3.8) is 0 Å². The van der Waals surface area contributed by atoms with Crippen LogP contribution >= 0.6 is 0 Å². The number of benzene rings is 1. The van der Waals surface area contributed by atoms with Crippen LogP contribution in [-0.4, -0.2) is 6.54 Å². The first-order valence-electron chi connectivity index (χ1n) is 5.10. The predicted octanol–water partition coefficient (Wildman–Crippen LogP) is 2.53. The van der Waals surface area contributed by atoms with E-state index in [-0.39, 0.29) is 0 Å². The topological polar surface area (TPSA) is 12.0 Å². The van der Waals surface area contributed by atoms with Crippen molar-refractivity contribution in [3.05, 3.63) is 35.4 Å². The Morgan fingerprint density at radius 2 is 2.08 bits per heavy atom. The molecule has 0 saturated carbocycles. The Kier molecular flexibility index (Phi) is 2.36. The molecule has 1 atom stereocenters. The number of nitrogens with one attached hydrogen (secondary N) is 1. The van der Waals surface area contributed by atoms with Gasteiger partial charge in [-0.1, -0.05) is 38.1 Å². The molecule has 0 unspecified atom stereocenters. The first-order chi connectivity index (χ1) is 6.29. The lowest BCUT2D eigenvalue weighted by atomic mass is 9.88. The molecule has 13 heavy (non-hydrogen) atoms. The van der Waals surface area contributed by atoms with E-state index >= 15 is 0 Å². The van der Waals surface area contributed by atoms with Gasteiger partial charge >= 0.3 is 0 Å². The lowest BCUT2D eigenvalue weighted by molar-refractivity contribution is 0.395. The fraction of sp³-hybridized carbons (Fsp3) is 0.500. The molecule has 70 valence electrons. The third kappa shape index (κ3) is 1.61. The summed E-state index contributed by atoms with van der Waals surface area (Å²) in [6.45, 7) is 5.68. The van der Waals surface area contributed by atoms with E-state index in [1.165, 1.54) is 17.5 Å². The molecule has 0 radical (unpaired) electrons. The molecule has 0 saturated heterocycles. The summed E-state index contributed by atoms with van der Waals surface area (Å²) in [7, 11) is 0. The molecule has 1 aliphatic heterocycles. The van der Waals surface area contributed by atoms with Crippen LogP contribution in [0.2, 0.25) is 0 Å². The van der Waals surface area contributed by atoms with Gasteiger partial charge in [0.15, 0.2) is 0 Å². The van der Waals surface area contributed by atoms with Gasteiger partial charge in [0.05, 0.1) is 0 Å². The normalized spacial score (nSPS) is 21.6. The van der Waals surface area contributed by atoms with Crippen molar-refractivity contribution in [2.75, 3.05) is 6.54 Å². The zero-order valence-electron chi connectivity index (χ0n) is 8.38. The lowest BCUT2D eigenvalue weighted by Gasteiger charge is -2.29. The predicted molar refractivity (Wildman–Crippen MR) is 55.7 cm³/mol. The van der Waals surface area contributed by atoms with Crippen molar-refractivity contribution < 1.29 is 0 Å². The van der Waals surface area contributed by atoms with Gasteiger partial charge < -0.3 is 5.32 Å².